The number of carboxylic acid groups (broad SMARTS) is 1. The van der Waals surface area contributed by atoms with Crippen molar-refractivity contribution >= 4 is 29.1 Å². The molecular formula is C10H11N3O3S2. The van der Waals surface area contributed by atoms with Crippen LogP contribution in [0.15, 0.2) is 22.7 Å². The number of hydrogen-bond donors (Lipinski definition) is 2. The fraction of sp³-hybridized carbons (Fsp3) is 0.300. The van der Waals surface area contributed by atoms with Gasteiger partial charge in [-0.2, -0.15) is 0 Å². The monoisotopic (exact) mass is 285 g/mol. The van der Waals surface area contributed by atoms with E-state index in [2.05, 4.69) is 10.2 Å². The minimum absolute atomic E-state index is 0.0754. The number of hydrogen-bond acceptors (Lipinski definition) is 6. The Morgan fingerprint density at radius 3 is 2.94 bits per heavy atom. The Bertz CT molecular complexity index is 524. The van der Waals surface area contributed by atoms with Crippen molar-refractivity contribution in [1.29, 1.82) is 0 Å². The fourth-order valence-electron chi connectivity index (χ4n) is 1.39. The predicted molar refractivity (Wildman–Crippen MR) is 67.7 cm³/mol. The van der Waals surface area contributed by atoms with E-state index in [1.165, 1.54) is 0 Å². The Hall–Kier alpha value is -1.38. The Labute approximate surface area is 111 Å². The summed E-state index contributed by atoms with van der Waals surface area (Å²) in [6.45, 7) is 0.328. The van der Waals surface area contributed by atoms with E-state index in [1.807, 2.05) is 17.5 Å². The molecule has 0 aliphatic rings. The highest BCUT2D eigenvalue weighted by molar-refractivity contribution is 7.99. The van der Waals surface area contributed by atoms with E-state index >= 15 is 0 Å². The normalized spacial score (nSPS) is 10.7. The molecule has 0 spiro atoms. The Kier molecular flexibility index (Phi) is 4.34. The molecule has 0 atom stereocenters. The Balaban J connectivity index is 2.19. The van der Waals surface area contributed by atoms with E-state index in [9.17, 15) is 9.90 Å². The second-order valence-electron chi connectivity index (χ2n) is 3.40. The van der Waals surface area contributed by atoms with Crippen LogP contribution in [0.4, 0.5) is 0 Å². The standard InChI is InChI=1S/C10H11N3O3S2/c14-5-8-11-12-10(18-6-9(15)16)13(8)4-7-2-1-3-17-7/h1-3,14H,4-6H2,(H,15,16). The van der Waals surface area contributed by atoms with Gasteiger partial charge >= 0.3 is 5.97 Å². The zero-order valence-electron chi connectivity index (χ0n) is 9.31. The van der Waals surface area contributed by atoms with Crippen LogP contribution in [0.25, 0.3) is 0 Å². The van der Waals surface area contributed by atoms with E-state index in [4.69, 9.17) is 5.11 Å². The molecular weight excluding hydrogens is 274 g/mol. The van der Waals surface area contributed by atoms with Gasteiger partial charge in [0.15, 0.2) is 11.0 Å². The van der Waals surface area contributed by atoms with Crippen molar-refractivity contribution < 1.29 is 15.0 Å². The van der Waals surface area contributed by atoms with Crippen LogP contribution < -0.4 is 0 Å². The summed E-state index contributed by atoms with van der Waals surface area (Å²) >= 11 is 2.69. The molecule has 0 aliphatic carbocycles. The van der Waals surface area contributed by atoms with E-state index in [0.29, 0.717) is 17.5 Å². The number of aliphatic hydroxyl groups is 1. The zero-order chi connectivity index (χ0) is 13.0. The summed E-state index contributed by atoms with van der Waals surface area (Å²) in [5.41, 5.74) is 0. The van der Waals surface area contributed by atoms with Gasteiger partial charge in [0.2, 0.25) is 0 Å². The highest BCUT2D eigenvalue weighted by atomic mass is 32.2. The number of aliphatic hydroxyl groups excluding tert-OH is 1. The Morgan fingerprint density at radius 1 is 1.50 bits per heavy atom. The lowest BCUT2D eigenvalue weighted by molar-refractivity contribution is -0.133. The van der Waals surface area contributed by atoms with Crippen LogP contribution in [-0.2, 0) is 17.9 Å². The molecule has 2 aromatic heterocycles. The molecule has 0 unspecified atom stereocenters. The first-order chi connectivity index (χ1) is 8.70. The molecule has 2 rings (SSSR count). The zero-order valence-corrected chi connectivity index (χ0v) is 10.9. The molecule has 2 N–H and O–H groups in total. The second kappa shape index (κ2) is 5.98. The summed E-state index contributed by atoms with van der Waals surface area (Å²) in [7, 11) is 0. The van der Waals surface area contributed by atoms with E-state index in [-0.39, 0.29) is 12.4 Å². The first kappa shape index (κ1) is 13.1. The quantitative estimate of drug-likeness (QED) is 0.771. The van der Waals surface area contributed by atoms with Crippen molar-refractivity contribution in [2.24, 2.45) is 0 Å². The SMILES string of the molecule is O=C(O)CSc1nnc(CO)n1Cc1cccs1. The van der Waals surface area contributed by atoms with E-state index < -0.39 is 5.97 Å². The second-order valence-corrected chi connectivity index (χ2v) is 5.38. The molecule has 96 valence electrons. The average molecular weight is 285 g/mol. The third-order valence-corrected chi connectivity index (χ3v) is 3.97. The smallest absolute Gasteiger partial charge is 0.313 e. The first-order valence-corrected chi connectivity index (χ1v) is 6.97. The molecule has 0 fully saturated rings. The third-order valence-electron chi connectivity index (χ3n) is 2.15. The maximum atomic E-state index is 10.6. The largest absolute Gasteiger partial charge is 0.481 e. The molecule has 0 saturated carbocycles. The third kappa shape index (κ3) is 3.09. The topological polar surface area (TPSA) is 88.2 Å². The van der Waals surface area contributed by atoms with Crippen LogP contribution in [0.1, 0.15) is 10.7 Å². The number of thioether (sulfide) groups is 1. The van der Waals surface area contributed by atoms with Crippen molar-refractivity contribution in [2.75, 3.05) is 5.75 Å². The molecule has 0 aliphatic heterocycles. The molecule has 6 nitrogen and oxygen atoms in total. The van der Waals surface area contributed by atoms with Gasteiger partial charge in [-0.15, -0.1) is 21.5 Å². The summed E-state index contributed by atoms with van der Waals surface area (Å²) < 4.78 is 1.74. The van der Waals surface area contributed by atoms with Gasteiger partial charge in [-0.1, -0.05) is 17.8 Å². The van der Waals surface area contributed by atoms with Crippen molar-refractivity contribution in [1.82, 2.24) is 14.8 Å². The molecule has 2 heterocycles. The number of nitrogens with zero attached hydrogens (tertiary/aromatic N) is 3. The summed E-state index contributed by atoms with van der Waals surface area (Å²) in [4.78, 5) is 11.7. The minimum Gasteiger partial charge on any atom is -0.481 e. The summed E-state index contributed by atoms with van der Waals surface area (Å²) in [6, 6.07) is 3.91. The number of carboxylic acids is 1. The maximum absolute atomic E-state index is 10.6. The number of aromatic nitrogens is 3. The van der Waals surface area contributed by atoms with Gasteiger partial charge in [0.05, 0.1) is 12.3 Å². The summed E-state index contributed by atoms with van der Waals surface area (Å²) in [6.07, 6.45) is 0. The lowest BCUT2D eigenvalue weighted by Gasteiger charge is -2.06. The van der Waals surface area contributed by atoms with Gasteiger partial charge in [-0.05, 0) is 11.4 Å². The molecule has 18 heavy (non-hydrogen) atoms. The van der Waals surface area contributed by atoms with Crippen LogP contribution in [0, 0.1) is 0 Å². The number of rotatable bonds is 6. The van der Waals surface area contributed by atoms with Crippen molar-refractivity contribution in [2.45, 2.75) is 18.3 Å². The number of aliphatic carboxylic acids is 1. The summed E-state index contributed by atoms with van der Waals surface area (Å²) in [5.74, 6) is -0.541. The molecule has 0 bridgehead atoms. The van der Waals surface area contributed by atoms with E-state index in [1.54, 1.807) is 15.9 Å². The molecule has 2 aromatic rings. The molecule has 0 saturated heterocycles. The van der Waals surface area contributed by atoms with Gasteiger partial charge in [0.1, 0.15) is 6.61 Å². The minimum atomic E-state index is -0.906. The maximum Gasteiger partial charge on any atom is 0.313 e. The lowest BCUT2D eigenvalue weighted by atomic mass is 10.4. The fourth-order valence-corrected chi connectivity index (χ4v) is 2.76. The average Bonchev–Trinajstić information content (AvgIpc) is 2.97. The molecule has 0 aromatic carbocycles. The van der Waals surface area contributed by atoms with Crippen LogP contribution >= 0.6 is 23.1 Å². The van der Waals surface area contributed by atoms with Crippen LogP contribution in [-0.4, -0.2) is 36.7 Å². The molecule has 0 amide bonds. The number of thiophene rings is 1. The van der Waals surface area contributed by atoms with Crippen LogP contribution in [0.2, 0.25) is 0 Å². The van der Waals surface area contributed by atoms with Gasteiger partial charge in [-0.25, -0.2) is 0 Å². The predicted octanol–water partition coefficient (Wildman–Crippen LogP) is 1.06. The highest BCUT2D eigenvalue weighted by Crippen LogP contribution is 2.20. The van der Waals surface area contributed by atoms with Gasteiger partial charge in [-0.3, -0.25) is 9.36 Å². The van der Waals surface area contributed by atoms with Crippen molar-refractivity contribution in [3.63, 3.8) is 0 Å². The van der Waals surface area contributed by atoms with Gasteiger partial charge < -0.3 is 10.2 Å². The van der Waals surface area contributed by atoms with Crippen LogP contribution in [0.5, 0.6) is 0 Å². The molecule has 8 heteroatoms. The number of carbonyl (C=O) groups is 1. The highest BCUT2D eigenvalue weighted by Gasteiger charge is 2.13. The van der Waals surface area contributed by atoms with E-state index in [0.717, 1.165) is 16.6 Å². The van der Waals surface area contributed by atoms with Gasteiger partial charge in [0, 0.05) is 4.88 Å². The molecule has 0 radical (unpaired) electrons. The lowest BCUT2D eigenvalue weighted by Crippen LogP contribution is -2.07. The van der Waals surface area contributed by atoms with Crippen LogP contribution in [0.3, 0.4) is 0 Å². The Morgan fingerprint density at radius 2 is 2.33 bits per heavy atom. The first-order valence-electron chi connectivity index (χ1n) is 5.10. The van der Waals surface area contributed by atoms with Crippen molar-refractivity contribution in [3.8, 4) is 0 Å². The summed E-state index contributed by atoms with van der Waals surface area (Å²) in [5, 5.41) is 28.1. The van der Waals surface area contributed by atoms with Gasteiger partial charge in [0.25, 0.3) is 0 Å². The van der Waals surface area contributed by atoms with Crippen molar-refractivity contribution in [3.05, 3.63) is 28.2 Å².